The number of amides is 2. The molecular weight excluding hydrogens is 552 g/mol. The van der Waals surface area contributed by atoms with Crippen molar-refractivity contribution in [3.8, 4) is 0 Å². The van der Waals surface area contributed by atoms with Crippen molar-refractivity contribution in [2.45, 2.75) is 38.9 Å². The van der Waals surface area contributed by atoms with Gasteiger partial charge in [0.25, 0.3) is 0 Å². The Balaban J connectivity index is 1.32. The molecule has 1 atom stereocenters. The second-order valence-electron chi connectivity index (χ2n) is 11.4. The fourth-order valence-corrected chi connectivity index (χ4v) is 5.95. The van der Waals surface area contributed by atoms with Crippen LogP contribution in [-0.4, -0.2) is 65.7 Å². The lowest BCUT2D eigenvalue weighted by molar-refractivity contribution is -0.144. The van der Waals surface area contributed by atoms with Gasteiger partial charge in [0.1, 0.15) is 17.5 Å². The molecule has 4 aromatic rings. The lowest BCUT2D eigenvalue weighted by Gasteiger charge is -2.37. The Kier molecular flexibility index (Phi) is 9.17. The number of hydrogen-bond donors (Lipinski definition) is 0. The maximum Gasteiger partial charge on any atom is 0.247 e. The van der Waals surface area contributed by atoms with Gasteiger partial charge in [-0.2, -0.15) is 0 Å². The van der Waals surface area contributed by atoms with Crippen molar-refractivity contribution in [1.29, 1.82) is 0 Å². The first-order valence-electron chi connectivity index (χ1n) is 15.3. The van der Waals surface area contributed by atoms with Gasteiger partial charge >= 0.3 is 0 Å². The number of morpholine rings is 1. The van der Waals surface area contributed by atoms with E-state index in [-0.39, 0.29) is 18.4 Å². The summed E-state index contributed by atoms with van der Waals surface area (Å²) in [5.41, 5.74) is 6.07. The van der Waals surface area contributed by atoms with Crippen molar-refractivity contribution in [1.82, 2.24) is 15.0 Å². The van der Waals surface area contributed by atoms with Crippen molar-refractivity contribution in [3.63, 3.8) is 0 Å². The first-order valence-corrected chi connectivity index (χ1v) is 15.3. The largest absolute Gasteiger partial charge is 0.378 e. The third-order valence-electron chi connectivity index (χ3n) is 8.37. The lowest BCUT2D eigenvalue weighted by atomic mass is 9.97. The summed E-state index contributed by atoms with van der Waals surface area (Å²) in [5.74, 6) is 0.360. The first kappa shape index (κ1) is 29.4. The van der Waals surface area contributed by atoms with Gasteiger partial charge in [-0.05, 0) is 53.8 Å². The van der Waals surface area contributed by atoms with E-state index in [1.807, 2.05) is 54.3 Å². The summed E-state index contributed by atoms with van der Waals surface area (Å²) in [6, 6.07) is 27.6. The number of carbonyl (C=O) groups is 2. The molecule has 8 nitrogen and oxygen atoms in total. The molecule has 6 rings (SSSR count). The van der Waals surface area contributed by atoms with Gasteiger partial charge in [-0.25, -0.2) is 0 Å². The van der Waals surface area contributed by atoms with Gasteiger partial charge in [0.15, 0.2) is 0 Å². The third-order valence-corrected chi connectivity index (χ3v) is 8.37. The number of aryl methyl sites for hydroxylation is 1. The van der Waals surface area contributed by atoms with Crippen LogP contribution in [-0.2, 0) is 40.3 Å². The van der Waals surface area contributed by atoms with E-state index in [1.165, 1.54) is 11.6 Å². The highest BCUT2D eigenvalue weighted by atomic mass is 16.5. The number of benzene rings is 3. The normalized spacial score (nSPS) is 15.7. The minimum absolute atomic E-state index is 0.0488. The highest BCUT2D eigenvalue weighted by Crippen LogP contribution is 2.24. The van der Waals surface area contributed by atoms with Crippen LogP contribution < -0.4 is 4.90 Å². The quantitative estimate of drug-likeness (QED) is 0.254. The lowest BCUT2D eigenvalue weighted by Crippen LogP contribution is -2.52. The van der Waals surface area contributed by atoms with Crippen molar-refractivity contribution < 1.29 is 18.8 Å². The van der Waals surface area contributed by atoms with Crippen LogP contribution in [0.4, 0.5) is 5.69 Å². The van der Waals surface area contributed by atoms with E-state index in [0.29, 0.717) is 44.2 Å². The monoisotopic (exact) mass is 590 g/mol. The molecule has 0 aliphatic carbocycles. The number of aromatic nitrogens is 1. The molecule has 226 valence electrons. The topological polar surface area (TPSA) is 79.1 Å². The number of fused-ring (bicyclic) bond motifs is 1. The van der Waals surface area contributed by atoms with Crippen molar-refractivity contribution >= 4 is 23.6 Å². The van der Waals surface area contributed by atoms with E-state index in [4.69, 9.17) is 9.26 Å². The second-order valence-corrected chi connectivity index (χ2v) is 11.4. The van der Waals surface area contributed by atoms with Crippen LogP contribution >= 0.6 is 0 Å². The van der Waals surface area contributed by atoms with Crippen LogP contribution in [0, 0.1) is 6.92 Å². The standard InChI is InChI=1S/C36H38N4O4/c1-27-23-32(37-44-27)13-16-35(41)40(25-29-11-14-33(15-12-29)38-19-21-43-22-20-38)34(24-28-7-3-2-4-8-28)36(42)39-18-17-30-9-5-6-10-31(30)26-39/h2-16,23,34H,17-22,24-26H2,1H3. The van der Waals surface area contributed by atoms with E-state index in [9.17, 15) is 9.59 Å². The van der Waals surface area contributed by atoms with Crippen LogP contribution in [0.1, 0.15) is 33.7 Å². The maximum atomic E-state index is 14.4. The number of hydrogen-bond acceptors (Lipinski definition) is 6. The molecule has 2 aliphatic rings. The highest BCUT2D eigenvalue weighted by Gasteiger charge is 2.34. The average molecular weight is 591 g/mol. The molecule has 2 amide bonds. The molecule has 8 heteroatoms. The van der Waals surface area contributed by atoms with E-state index in [0.717, 1.165) is 41.9 Å². The zero-order chi connectivity index (χ0) is 30.3. The predicted molar refractivity (Wildman–Crippen MR) is 170 cm³/mol. The number of anilines is 1. The summed E-state index contributed by atoms with van der Waals surface area (Å²) in [5, 5.41) is 4.01. The summed E-state index contributed by atoms with van der Waals surface area (Å²) < 4.78 is 10.7. The molecule has 3 heterocycles. The fraction of sp³-hybridized carbons (Fsp3) is 0.306. The number of ether oxygens (including phenoxy) is 1. The molecule has 44 heavy (non-hydrogen) atoms. The van der Waals surface area contributed by atoms with E-state index in [2.05, 4.69) is 46.5 Å². The molecule has 0 radical (unpaired) electrons. The molecule has 1 aromatic heterocycles. The second kappa shape index (κ2) is 13.7. The Morgan fingerprint density at radius 1 is 0.909 bits per heavy atom. The zero-order valence-corrected chi connectivity index (χ0v) is 25.1. The number of nitrogens with zero attached hydrogens (tertiary/aromatic N) is 4. The Morgan fingerprint density at radius 3 is 2.36 bits per heavy atom. The predicted octanol–water partition coefficient (Wildman–Crippen LogP) is 5.06. The first-order chi connectivity index (χ1) is 21.5. The summed E-state index contributed by atoms with van der Waals surface area (Å²) in [7, 11) is 0. The highest BCUT2D eigenvalue weighted by molar-refractivity contribution is 5.95. The molecule has 0 saturated carbocycles. The third kappa shape index (κ3) is 7.09. The van der Waals surface area contributed by atoms with E-state index >= 15 is 0 Å². The summed E-state index contributed by atoms with van der Waals surface area (Å²) in [4.78, 5) is 34.4. The smallest absolute Gasteiger partial charge is 0.247 e. The van der Waals surface area contributed by atoms with E-state index < -0.39 is 6.04 Å². The molecule has 1 saturated heterocycles. The van der Waals surface area contributed by atoms with Gasteiger partial charge in [-0.1, -0.05) is 71.9 Å². The summed E-state index contributed by atoms with van der Waals surface area (Å²) >= 11 is 0. The molecule has 1 fully saturated rings. The molecule has 0 N–H and O–H groups in total. The van der Waals surface area contributed by atoms with Crippen molar-refractivity contribution in [2.24, 2.45) is 0 Å². The summed E-state index contributed by atoms with van der Waals surface area (Å²) in [6.45, 7) is 6.38. The van der Waals surface area contributed by atoms with Gasteiger partial charge in [0, 0.05) is 57.0 Å². The zero-order valence-electron chi connectivity index (χ0n) is 25.1. The van der Waals surface area contributed by atoms with Gasteiger partial charge in [-0.3, -0.25) is 9.59 Å². The fourth-order valence-electron chi connectivity index (χ4n) is 5.95. The van der Waals surface area contributed by atoms with Gasteiger partial charge in [0.05, 0.1) is 13.2 Å². The minimum Gasteiger partial charge on any atom is -0.378 e. The number of rotatable bonds is 9. The van der Waals surface area contributed by atoms with Gasteiger partial charge < -0.3 is 24.0 Å². The van der Waals surface area contributed by atoms with Gasteiger partial charge in [0.2, 0.25) is 11.8 Å². The van der Waals surface area contributed by atoms with Crippen LogP contribution in [0.3, 0.4) is 0 Å². The van der Waals surface area contributed by atoms with Crippen LogP contribution in [0.25, 0.3) is 6.08 Å². The Bertz CT molecular complexity index is 1590. The average Bonchev–Trinajstić information content (AvgIpc) is 3.50. The molecule has 0 spiro atoms. The van der Waals surface area contributed by atoms with Crippen LogP contribution in [0.15, 0.2) is 95.5 Å². The van der Waals surface area contributed by atoms with Crippen LogP contribution in [0.2, 0.25) is 0 Å². The summed E-state index contributed by atoms with van der Waals surface area (Å²) in [6.07, 6.45) is 4.35. The van der Waals surface area contributed by atoms with Crippen molar-refractivity contribution in [3.05, 3.63) is 125 Å². The molecular formula is C36H38N4O4. The molecule has 0 bridgehead atoms. The Hall–Kier alpha value is -4.69. The maximum absolute atomic E-state index is 14.4. The number of carbonyl (C=O) groups excluding carboxylic acids is 2. The SMILES string of the molecule is Cc1cc(C=CC(=O)N(Cc2ccc(N3CCOCC3)cc2)C(Cc2ccccc2)C(=O)N2CCc3ccccc3C2)no1. The minimum atomic E-state index is -0.697. The Morgan fingerprint density at radius 2 is 1.64 bits per heavy atom. The van der Waals surface area contributed by atoms with Gasteiger partial charge in [-0.15, -0.1) is 0 Å². The Labute approximate surface area is 258 Å². The van der Waals surface area contributed by atoms with E-state index in [1.54, 1.807) is 17.0 Å². The molecule has 3 aromatic carbocycles. The van der Waals surface area contributed by atoms with Crippen molar-refractivity contribution in [2.75, 3.05) is 37.7 Å². The molecule has 2 aliphatic heterocycles. The van der Waals surface area contributed by atoms with Crippen LogP contribution in [0.5, 0.6) is 0 Å². The molecule has 1 unspecified atom stereocenters.